The van der Waals surface area contributed by atoms with Crippen LogP contribution >= 0.6 is 0 Å². The molecule has 0 saturated heterocycles. The highest BCUT2D eigenvalue weighted by molar-refractivity contribution is 6.00. The van der Waals surface area contributed by atoms with Crippen molar-refractivity contribution in [2.45, 2.75) is 40.0 Å². The van der Waals surface area contributed by atoms with Crippen molar-refractivity contribution in [3.63, 3.8) is 0 Å². The minimum Gasteiger partial charge on any atom is -0.438 e. The van der Waals surface area contributed by atoms with E-state index in [9.17, 15) is 5.21 Å². The molecule has 3 rings (SSSR count). The summed E-state index contributed by atoms with van der Waals surface area (Å²) in [5.74, 6) is 2.42. The second-order valence-electron chi connectivity index (χ2n) is 7.03. The molecule has 1 aromatic heterocycles. The lowest BCUT2D eigenvalue weighted by molar-refractivity contribution is 0.296. The maximum atomic E-state index is 9.77. The van der Waals surface area contributed by atoms with Crippen LogP contribution in [0.2, 0.25) is 0 Å². The highest BCUT2D eigenvalue weighted by atomic mass is 16.5. The number of hydrogen-bond acceptors (Lipinski definition) is 4. The van der Waals surface area contributed by atoms with Crippen molar-refractivity contribution >= 4 is 5.84 Å². The van der Waals surface area contributed by atoms with Crippen molar-refractivity contribution in [1.82, 2.24) is 9.88 Å². The number of oxime groups is 1. The van der Waals surface area contributed by atoms with Crippen molar-refractivity contribution in [2.75, 3.05) is 13.1 Å². The van der Waals surface area contributed by atoms with Crippen LogP contribution in [0, 0.1) is 19.8 Å². The molecule has 26 heavy (non-hydrogen) atoms. The van der Waals surface area contributed by atoms with Crippen LogP contribution in [0.5, 0.6) is 11.6 Å². The van der Waals surface area contributed by atoms with E-state index in [0.717, 1.165) is 31.0 Å². The van der Waals surface area contributed by atoms with Crippen LogP contribution in [0.15, 0.2) is 41.6 Å². The fourth-order valence-electron chi connectivity index (χ4n) is 2.95. The zero-order valence-electron chi connectivity index (χ0n) is 15.8. The molecule has 1 aromatic carbocycles. The Balaban J connectivity index is 1.92. The largest absolute Gasteiger partial charge is 0.438 e. The summed E-state index contributed by atoms with van der Waals surface area (Å²) in [4.78, 5) is 6.70. The van der Waals surface area contributed by atoms with Gasteiger partial charge in [-0.3, -0.25) is 0 Å². The monoisotopic (exact) mass is 353 g/mol. The fraction of sp³-hybridized carbons (Fsp3) is 0.429. The average Bonchev–Trinajstić information content (AvgIpc) is 3.43. The molecule has 0 aliphatic heterocycles. The summed E-state index contributed by atoms with van der Waals surface area (Å²) >= 11 is 0. The highest BCUT2D eigenvalue weighted by Crippen LogP contribution is 2.31. The van der Waals surface area contributed by atoms with Gasteiger partial charge in [-0.1, -0.05) is 29.8 Å². The third-order valence-electron chi connectivity index (χ3n) is 4.54. The van der Waals surface area contributed by atoms with Crippen LogP contribution in [0.25, 0.3) is 0 Å². The summed E-state index contributed by atoms with van der Waals surface area (Å²) in [5.41, 5.74) is 2.75. The molecule has 2 aromatic rings. The van der Waals surface area contributed by atoms with E-state index in [1.165, 1.54) is 18.4 Å². The molecule has 1 aliphatic carbocycles. The molecule has 1 N–H and O–H groups in total. The van der Waals surface area contributed by atoms with Crippen LogP contribution in [0.4, 0.5) is 0 Å². The van der Waals surface area contributed by atoms with Gasteiger partial charge in [-0.25, -0.2) is 4.98 Å². The predicted octanol–water partition coefficient (Wildman–Crippen LogP) is 4.75. The first-order valence-electron chi connectivity index (χ1n) is 9.30. The maximum absolute atomic E-state index is 9.77. The Morgan fingerprint density at radius 1 is 1.19 bits per heavy atom. The van der Waals surface area contributed by atoms with Gasteiger partial charge in [0.05, 0.1) is 5.56 Å². The second-order valence-corrected chi connectivity index (χ2v) is 7.03. The van der Waals surface area contributed by atoms with Crippen LogP contribution in [0.3, 0.4) is 0 Å². The van der Waals surface area contributed by atoms with Crippen molar-refractivity contribution in [3.8, 4) is 11.6 Å². The molecule has 1 heterocycles. The third kappa shape index (κ3) is 4.54. The normalized spacial score (nSPS) is 14.3. The molecule has 0 bridgehead atoms. The smallest absolute Gasteiger partial charge is 0.230 e. The van der Waals surface area contributed by atoms with Gasteiger partial charge in [0.2, 0.25) is 5.88 Å². The molecular weight excluding hydrogens is 326 g/mol. The first-order valence-corrected chi connectivity index (χ1v) is 9.30. The van der Waals surface area contributed by atoms with E-state index in [4.69, 9.17) is 4.74 Å². The summed E-state index contributed by atoms with van der Waals surface area (Å²) in [5, 5.41) is 13.4. The van der Waals surface area contributed by atoms with Gasteiger partial charge >= 0.3 is 0 Å². The van der Waals surface area contributed by atoms with Crippen molar-refractivity contribution in [1.29, 1.82) is 0 Å². The molecule has 1 saturated carbocycles. The summed E-state index contributed by atoms with van der Waals surface area (Å²) in [6, 6.07) is 11.7. The van der Waals surface area contributed by atoms with Gasteiger partial charge in [0.25, 0.3) is 0 Å². The second kappa shape index (κ2) is 8.21. The summed E-state index contributed by atoms with van der Waals surface area (Å²) in [6.45, 7) is 7.84. The van der Waals surface area contributed by atoms with Crippen LogP contribution in [0.1, 0.15) is 43.0 Å². The zero-order chi connectivity index (χ0) is 18.5. The number of ether oxygens (including phenoxy) is 1. The summed E-state index contributed by atoms with van der Waals surface area (Å²) in [7, 11) is 0. The molecule has 0 amide bonds. The van der Waals surface area contributed by atoms with Crippen molar-refractivity contribution < 1.29 is 9.94 Å². The lowest BCUT2D eigenvalue weighted by Gasteiger charge is -2.25. The van der Waals surface area contributed by atoms with E-state index >= 15 is 0 Å². The van der Waals surface area contributed by atoms with Crippen molar-refractivity contribution in [3.05, 3.63) is 53.2 Å². The Hall–Kier alpha value is -2.56. The van der Waals surface area contributed by atoms with E-state index in [1.54, 1.807) is 0 Å². The predicted molar refractivity (Wildman–Crippen MR) is 103 cm³/mol. The minimum atomic E-state index is 0.471. The Kier molecular flexibility index (Phi) is 5.76. The number of hydrogen-bond donors (Lipinski definition) is 1. The van der Waals surface area contributed by atoms with Gasteiger partial charge in [0, 0.05) is 18.8 Å². The minimum absolute atomic E-state index is 0.471. The molecule has 5 heteroatoms. The van der Waals surface area contributed by atoms with E-state index in [2.05, 4.69) is 22.0 Å². The SMILES string of the molecule is CCCN(CC1CC1)/C(=N\O)c1ccc(C)nc1Oc1ccc(C)cc1. The van der Waals surface area contributed by atoms with Crippen molar-refractivity contribution in [2.24, 2.45) is 11.1 Å². The third-order valence-corrected chi connectivity index (χ3v) is 4.54. The van der Waals surface area contributed by atoms with Gasteiger partial charge in [-0.2, -0.15) is 0 Å². The van der Waals surface area contributed by atoms with E-state index in [1.807, 2.05) is 50.2 Å². The zero-order valence-corrected chi connectivity index (χ0v) is 15.8. The maximum Gasteiger partial charge on any atom is 0.230 e. The summed E-state index contributed by atoms with van der Waals surface area (Å²) < 4.78 is 6.05. The lowest BCUT2D eigenvalue weighted by atomic mass is 10.2. The number of amidine groups is 1. The van der Waals surface area contributed by atoms with Crippen LogP contribution in [-0.4, -0.2) is 34.0 Å². The number of pyridine rings is 1. The van der Waals surface area contributed by atoms with Gasteiger partial charge in [-0.15, -0.1) is 0 Å². The molecule has 1 fully saturated rings. The molecule has 0 spiro atoms. The quantitative estimate of drug-likeness (QED) is 0.338. The molecule has 0 radical (unpaired) electrons. The first-order chi connectivity index (χ1) is 12.6. The van der Waals surface area contributed by atoms with Gasteiger partial charge in [0.15, 0.2) is 5.84 Å². The van der Waals surface area contributed by atoms with Gasteiger partial charge in [-0.05, 0) is 63.3 Å². The number of benzene rings is 1. The molecule has 0 unspecified atom stereocenters. The molecular formula is C21H27N3O2. The Morgan fingerprint density at radius 2 is 1.92 bits per heavy atom. The topological polar surface area (TPSA) is 58.0 Å². The number of rotatable bonds is 7. The van der Waals surface area contributed by atoms with E-state index in [-0.39, 0.29) is 0 Å². The summed E-state index contributed by atoms with van der Waals surface area (Å²) in [6.07, 6.45) is 3.48. The standard InChI is InChI=1S/C21H27N3O2/c1-4-13-24(14-17-8-9-17)20(23-25)19-12-7-16(3)22-21(19)26-18-10-5-15(2)6-11-18/h5-7,10-12,17,25H,4,8-9,13-14H2,1-3H3/b23-20-. The fourth-order valence-corrected chi connectivity index (χ4v) is 2.95. The molecule has 138 valence electrons. The number of aryl methyl sites for hydroxylation is 2. The Morgan fingerprint density at radius 3 is 2.54 bits per heavy atom. The van der Waals surface area contributed by atoms with Gasteiger partial charge in [0.1, 0.15) is 5.75 Å². The first kappa shape index (κ1) is 18.2. The van der Waals surface area contributed by atoms with Crippen LogP contribution in [-0.2, 0) is 0 Å². The van der Waals surface area contributed by atoms with Gasteiger partial charge < -0.3 is 14.8 Å². The lowest BCUT2D eigenvalue weighted by Crippen LogP contribution is -2.34. The van der Waals surface area contributed by atoms with E-state index in [0.29, 0.717) is 23.2 Å². The molecule has 5 nitrogen and oxygen atoms in total. The Labute approximate surface area is 155 Å². The average molecular weight is 353 g/mol. The highest BCUT2D eigenvalue weighted by Gasteiger charge is 2.28. The number of nitrogens with zero attached hydrogens (tertiary/aromatic N) is 3. The number of aromatic nitrogens is 1. The van der Waals surface area contributed by atoms with Crippen LogP contribution < -0.4 is 4.74 Å². The molecule has 0 atom stereocenters. The Bertz CT molecular complexity index is 767. The molecule has 1 aliphatic rings. The van der Waals surface area contributed by atoms with E-state index < -0.39 is 0 Å².